The van der Waals surface area contributed by atoms with E-state index in [1.807, 2.05) is 37.3 Å². The summed E-state index contributed by atoms with van der Waals surface area (Å²) in [5.74, 6) is -0.928. The van der Waals surface area contributed by atoms with Crippen molar-refractivity contribution in [1.82, 2.24) is 9.55 Å². The third-order valence-electron chi connectivity index (χ3n) is 3.34. The quantitative estimate of drug-likeness (QED) is 0.765. The van der Waals surface area contributed by atoms with Crippen LogP contribution < -0.4 is 0 Å². The first-order valence-electron chi connectivity index (χ1n) is 6.94. The van der Waals surface area contributed by atoms with Gasteiger partial charge in [-0.15, -0.1) is 0 Å². The van der Waals surface area contributed by atoms with Crippen molar-refractivity contribution in [3.63, 3.8) is 0 Å². The van der Waals surface area contributed by atoms with Gasteiger partial charge in [-0.25, -0.2) is 9.78 Å². The topological polar surface area (TPSA) is 70.4 Å². The maximum absolute atomic E-state index is 12.1. The summed E-state index contributed by atoms with van der Waals surface area (Å²) in [6, 6.07) is 9.74. The van der Waals surface area contributed by atoms with Crippen molar-refractivity contribution in [3.05, 3.63) is 54.1 Å². The molecule has 0 radical (unpaired) electrons. The molecule has 1 heterocycles. The number of hydrogen-bond donors (Lipinski definition) is 0. The standard InChI is InChI=1S/C16H18N2O4/c1-12(13-6-4-3-5-7-13)18-11-17-10-14(18)16(20)22-9-8-15(19)21-2/h3-7,10-12H,8-9H2,1-2H3/t12-/m1/s1. The number of methoxy groups -OCH3 is 1. The Balaban J connectivity index is 2.06. The Morgan fingerprint density at radius 1 is 1.27 bits per heavy atom. The summed E-state index contributed by atoms with van der Waals surface area (Å²) in [5, 5.41) is 0. The van der Waals surface area contributed by atoms with E-state index in [0.717, 1.165) is 5.56 Å². The number of carbonyl (C=O) groups is 2. The van der Waals surface area contributed by atoms with Gasteiger partial charge in [-0.3, -0.25) is 4.79 Å². The van der Waals surface area contributed by atoms with Gasteiger partial charge in [0, 0.05) is 0 Å². The van der Waals surface area contributed by atoms with Gasteiger partial charge in [0.2, 0.25) is 0 Å². The van der Waals surface area contributed by atoms with Gasteiger partial charge < -0.3 is 14.0 Å². The molecule has 0 N–H and O–H groups in total. The highest BCUT2D eigenvalue weighted by molar-refractivity contribution is 5.87. The highest BCUT2D eigenvalue weighted by Crippen LogP contribution is 2.19. The van der Waals surface area contributed by atoms with Gasteiger partial charge in [-0.2, -0.15) is 0 Å². The van der Waals surface area contributed by atoms with Gasteiger partial charge >= 0.3 is 11.9 Å². The van der Waals surface area contributed by atoms with Crippen LogP contribution in [0.15, 0.2) is 42.9 Å². The summed E-state index contributed by atoms with van der Waals surface area (Å²) < 4.78 is 11.3. The van der Waals surface area contributed by atoms with E-state index in [9.17, 15) is 9.59 Å². The maximum atomic E-state index is 12.1. The molecule has 1 aromatic carbocycles. The lowest BCUT2D eigenvalue weighted by Crippen LogP contribution is -2.17. The zero-order valence-corrected chi connectivity index (χ0v) is 12.6. The SMILES string of the molecule is COC(=O)CCOC(=O)c1cncn1[C@H](C)c1ccccc1. The molecule has 1 aromatic heterocycles. The average molecular weight is 302 g/mol. The second-order valence-electron chi connectivity index (χ2n) is 4.73. The molecule has 0 saturated carbocycles. The van der Waals surface area contributed by atoms with E-state index in [2.05, 4.69) is 9.72 Å². The number of ether oxygens (including phenoxy) is 2. The number of carbonyl (C=O) groups excluding carboxylic acids is 2. The molecule has 2 rings (SSSR count). The number of aromatic nitrogens is 2. The first-order chi connectivity index (χ1) is 10.6. The van der Waals surface area contributed by atoms with E-state index in [4.69, 9.17) is 4.74 Å². The largest absolute Gasteiger partial charge is 0.469 e. The zero-order chi connectivity index (χ0) is 15.9. The minimum absolute atomic E-state index is 0.0175. The number of nitrogens with zero attached hydrogens (tertiary/aromatic N) is 2. The lowest BCUT2D eigenvalue weighted by atomic mass is 10.1. The van der Waals surface area contributed by atoms with Crippen LogP contribution in [-0.4, -0.2) is 35.2 Å². The number of imidazole rings is 1. The van der Waals surface area contributed by atoms with Crippen LogP contribution in [-0.2, 0) is 14.3 Å². The summed E-state index contributed by atoms with van der Waals surface area (Å²) in [6.45, 7) is 1.96. The Bertz CT molecular complexity index is 637. The summed E-state index contributed by atoms with van der Waals surface area (Å²) in [7, 11) is 1.29. The van der Waals surface area contributed by atoms with Crippen LogP contribution in [0.2, 0.25) is 0 Å². The molecule has 22 heavy (non-hydrogen) atoms. The molecular formula is C16H18N2O4. The Morgan fingerprint density at radius 3 is 2.68 bits per heavy atom. The third kappa shape index (κ3) is 3.72. The normalized spacial score (nSPS) is 11.7. The van der Waals surface area contributed by atoms with Gasteiger partial charge in [-0.1, -0.05) is 30.3 Å². The Morgan fingerprint density at radius 2 is 2.00 bits per heavy atom. The van der Waals surface area contributed by atoms with Gasteiger partial charge in [0.1, 0.15) is 12.3 Å². The van der Waals surface area contributed by atoms with E-state index in [-0.39, 0.29) is 19.1 Å². The molecule has 6 nitrogen and oxygen atoms in total. The molecule has 0 spiro atoms. The first kappa shape index (κ1) is 15.8. The van der Waals surface area contributed by atoms with Gasteiger partial charge in [-0.05, 0) is 12.5 Å². The van der Waals surface area contributed by atoms with Gasteiger partial charge in [0.25, 0.3) is 0 Å². The Hall–Kier alpha value is -2.63. The molecule has 0 aliphatic rings. The average Bonchev–Trinajstić information content (AvgIpc) is 3.04. The number of rotatable bonds is 6. The number of hydrogen-bond acceptors (Lipinski definition) is 5. The van der Waals surface area contributed by atoms with Crippen LogP contribution in [0.5, 0.6) is 0 Å². The summed E-state index contributed by atoms with van der Waals surface area (Å²) in [5.41, 5.74) is 1.41. The predicted octanol–water partition coefficient (Wildman–Crippen LogP) is 2.21. The second kappa shape index (κ2) is 7.40. The molecule has 0 aliphatic heterocycles. The molecule has 0 saturated heterocycles. The smallest absolute Gasteiger partial charge is 0.356 e. The van der Waals surface area contributed by atoms with Crippen molar-refractivity contribution in [2.75, 3.05) is 13.7 Å². The highest BCUT2D eigenvalue weighted by Gasteiger charge is 2.18. The second-order valence-corrected chi connectivity index (χ2v) is 4.73. The molecule has 1 atom stereocenters. The Labute approximate surface area is 128 Å². The lowest BCUT2D eigenvalue weighted by Gasteiger charge is -2.16. The van der Waals surface area contributed by atoms with Crippen molar-refractivity contribution in [2.45, 2.75) is 19.4 Å². The van der Waals surface area contributed by atoms with Crippen molar-refractivity contribution in [2.24, 2.45) is 0 Å². The lowest BCUT2D eigenvalue weighted by molar-refractivity contribution is -0.141. The van der Waals surface area contributed by atoms with Crippen LogP contribution in [0.25, 0.3) is 0 Å². The molecule has 6 heteroatoms. The number of esters is 2. The van der Waals surface area contributed by atoms with E-state index in [0.29, 0.717) is 5.69 Å². The van der Waals surface area contributed by atoms with Crippen molar-refractivity contribution < 1.29 is 19.1 Å². The van der Waals surface area contributed by atoms with Crippen LogP contribution in [0.3, 0.4) is 0 Å². The molecular weight excluding hydrogens is 284 g/mol. The van der Waals surface area contributed by atoms with Crippen LogP contribution >= 0.6 is 0 Å². The third-order valence-corrected chi connectivity index (χ3v) is 3.34. The van der Waals surface area contributed by atoms with Crippen LogP contribution in [0, 0.1) is 0 Å². The van der Waals surface area contributed by atoms with Crippen LogP contribution in [0.1, 0.15) is 35.4 Å². The first-order valence-corrected chi connectivity index (χ1v) is 6.94. The fourth-order valence-corrected chi connectivity index (χ4v) is 2.07. The molecule has 2 aromatic rings. The molecule has 116 valence electrons. The van der Waals surface area contributed by atoms with E-state index >= 15 is 0 Å². The van der Waals surface area contributed by atoms with Gasteiger partial charge in [0.15, 0.2) is 0 Å². The Kier molecular flexibility index (Phi) is 5.30. The summed E-state index contributed by atoms with van der Waals surface area (Å²) in [4.78, 5) is 27.1. The summed E-state index contributed by atoms with van der Waals surface area (Å²) >= 11 is 0. The molecule has 0 aliphatic carbocycles. The number of benzene rings is 1. The minimum Gasteiger partial charge on any atom is -0.469 e. The molecule has 0 amide bonds. The van der Waals surface area contributed by atoms with E-state index in [1.54, 1.807) is 10.9 Å². The molecule has 0 fully saturated rings. The molecule has 0 bridgehead atoms. The van der Waals surface area contributed by atoms with Crippen LogP contribution in [0.4, 0.5) is 0 Å². The highest BCUT2D eigenvalue weighted by atomic mass is 16.5. The zero-order valence-electron chi connectivity index (χ0n) is 12.6. The van der Waals surface area contributed by atoms with Crippen molar-refractivity contribution in [1.29, 1.82) is 0 Å². The summed E-state index contributed by atoms with van der Waals surface area (Å²) in [6.07, 6.45) is 3.08. The van der Waals surface area contributed by atoms with Gasteiger partial charge in [0.05, 0.1) is 32.1 Å². The fourth-order valence-electron chi connectivity index (χ4n) is 2.07. The van der Waals surface area contributed by atoms with Crippen molar-refractivity contribution >= 4 is 11.9 Å². The maximum Gasteiger partial charge on any atom is 0.356 e. The minimum atomic E-state index is -0.510. The van der Waals surface area contributed by atoms with Crippen molar-refractivity contribution in [3.8, 4) is 0 Å². The fraction of sp³-hybridized carbons (Fsp3) is 0.312. The monoisotopic (exact) mass is 302 g/mol. The molecule has 0 unspecified atom stereocenters. The van der Waals surface area contributed by atoms with E-state index < -0.39 is 11.9 Å². The van der Waals surface area contributed by atoms with E-state index in [1.165, 1.54) is 13.3 Å². The predicted molar refractivity (Wildman–Crippen MR) is 79.4 cm³/mol.